The van der Waals surface area contributed by atoms with Gasteiger partial charge in [0.1, 0.15) is 40.0 Å². The maximum absolute atomic E-state index is 12.6. The van der Waals surface area contributed by atoms with Crippen LogP contribution in [0, 0.1) is 0 Å². The lowest BCUT2D eigenvalue weighted by Gasteiger charge is -2.62. The van der Waals surface area contributed by atoms with Crippen molar-refractivity contribution in [1.29, 1.82) is 0 Å². The van der Waals surface area contributed by atoms with Crippen LogP contribution in [0.3, 0.4) is 0 Å². The van der Waals surface area contributed by atoms with Crippen LogP contribution in [0.4, 0.5) is 0 Å². The maximum Gasteiger partial charge on any atom is 0.196 e. The molecule has 4 saturated heterocycles. The van der Waals surface area contributed by atoms with Gasteiger partial charge in [-0.05, 0) is 170 Å². The van der Waals surface area contributed by atoms with Crippen LogP contribution in [0.1, 0.15) is 105 Å². The first-order valence-corrected chi connectivity index (χ1v) is 33.1. The number of benzene rings is 4. The number of ketones is 3. The summed E-state index contributed by atoms with van der Waals surface area (Å²) in [6.45, 7) is 2.72. The van der Waals surface area contributed by atoms with Crippen molar-refractivity contribution < 1.29 is 78.9 Å². The van der Waals surface area contributed by atoms with Gasteiger partial charge in [-0.25, -0.2) is 0 Å². The normalized spacial score (nSPS) is 38.3. The van der Waals surface area contributed by atoms with Crippen LogP contribution in [0.5, 0.6) is 23.0 Å². The predicted molar refractivity (Wildman–Crippen MR) is 335 cm³/mol. The molecule has 16 aliphatic rings. The van der Waals surface area contributed by atoms with Crippen molar-refractivity contribution in [2.45, 2.75) is 178 Å². The number of hydrogen-bond acceptors (Lipinski definition) is 20. The topological polar surface area (TPSA) is 272 Å². The van der Waals surface area contributed by atoms with Crippen molar-refractivity contribution in [2.24, 2.45) is 0 Å². The summed E-state index contributed by atoms with van der Waals surface area (Å²) in [6.07, 6.45) is 15.3. The Morgan fingerprint density at radius 1 is 0.473 bits per heavy atom. The highest BCUT2D eigenvalue weighted by molar-refractivity contribution is 6.00. The van der Waals surface area contributed by atoms with Crippen LogP contribution in [-0.2, 0) is 92.9 Å². The largest absolute Gasteiger partial charge is 0.481 e. The zero-order valence-corrected chi connectivity index (χ0v) is 52.8. The molecule has 0 amide bonds. The van der Waals surface area contributed by atoms with E-state index in [-0.39, 0.29) is 80.2 Å². The Morgan fingerprint density at radius 3 is 1.39 bits per heavy atom. The standard InChI is InChI=1S/C19H21NO4.C18H21NO4.2C18H19NO4/c1-20-7-6-19-13-4-5-15(23-10-22)18(19)24-17-12(9-21)3-2-11(16(17)19)8-14(13)20;3*1-19-7-6-17-14-10-2-3-11(9-20)15(14)23-16(17)12(21)4-5-18(17,22)13(19)8-10/h2-5,14,18,21-22H,6-10H2,1H3;2-3,13,16,20,22H,4-9H2,1H3;2*2-5,13,16,20,22H,6-9H2,1H3/t14-,18?,19+;3*13-,16?,17+,18?/m1111/s1. The number of aliphatic hydroxyl groups excluding tert-OH is 5. The fourth-order valence-electron chi connectivity index (χ4n) is 21.5. The van der Waals surface area contributed by atoms with E-state index in [1.54, 1.807) is 12.2 Å². The third kappa shape index (κ3) is 7.24. The van der Waals surface area contributed by atoms with E-state index in [2.05, 4.69) is 45.8 Å². The zero-order valence-electron chi connectivity index (χ0n) is 52.8. The number of rotatable bonds is 6. The Bertz CT molecular complexity index is 3940. The molecular weight excluding hydrogens is 1190 g/mol. The number of carbonyl (C=O) groups is 3. The minimum Gasteiger partial charge on any atom is -0.481 e. The van der Waals surface area contributed by atoms with E-state index in [1.165, 1.54) is 28.9 Å². The van der Waals surface area contributed by atoms with Crippen molar-refractivity contribution in [1.82, 2.24) is 19.6 Å². The van der Waals surface area contributed by atoms with E-state index in [1.807, 2.05) is 62.6 Å². The fraction of sp³-hybridized carbons (Fsp3) is 0.521. The summed E-state index contributed by atoms with van der Waals surface area (Å²) in [6, 6.07) is 16.1. The van der Waals surface area contributed by atoms with Crippen LogP contribution in [-0.4, -0.2) is 204 Å². The van der Waals surface area contributed by atoms with Crippen molar-refractivity contribution in [2.75, 3.05) is 61.2 Å². The third-order valence-electron chi connectivity index (χ3n) is 25.8. The lowest BCUT2D eigenvalue weighted by Crippen LogP contribution is -2.76. The average Bonchev–Trinajstić information content (AvgIpc) is 1.63. The van der Waals surface area contributed by atoms with Crippen LogP contribution >= 0.6 is 0 Å². The Hall–Kier alpha value is -6.63. The molecule has 8 heterocycles. The molecule has 20 heteroatoms. The van der Waals surface area contributed by atoms with Gasteiger partial charge in [-0.3, -0.25) is 29.1 Å². The van der Waals surface area contributed by atoms with Gasteiger partial charge >= 0.3 is 0 Å². The molecule has 93 heavy (non-hydrogen) atoms. The van der Waals surface area contributed by atoms with Crippen LogP contribution in [0.15, 0.2) is 96.3 Å². The van der Waals surface area contributed by atoms with Gasteiger partial charge in [0.25, 0.3) is 0 Å². The highest BCUT2D eigenvalue weighted by atomic mass is 16.6. The van der Waals surface area contributed by atoms with Gasteiger partial charge in [0, 0.05) is 75.1 Å². The number of Topliss-reactive ketones (excluding diaryl/α,β-unsaturated/α-hetero) is 1. The van der Waals surface area contributed by atoms with Gasteiger partial charge in [-0.1, -0.05) is 54.6 Å². The molecule has 4 aromatic carbocycles. The Morgan fingerprint density at radius 2 is 0.892 bits per heavy atom. The van der Waals surface area contributed by atoms with E-state index in [0.717, 1.165) is 115 Å². The summed E-state index contributed by atoms with van der Waals surface area (Å²) in [7, 11) is 8.29. The van der Waals surface area contributed by atoms with E-state index >= 15 is 0 Å². The smallest absolute Gasteiger partial charge is 0.196 e. The Labute approximate surface area is 538 Å². The number of hydrogen-bond donors (Lipinski definition) is 8. The van der Waals surface area contributed by atoms with Crippen molar-refractivity contribution >= 4 is 17.3 Å². The van der Waals surface area contributed by atoms with Gasteiger partial charge in [0.05, 0.1) is 53.7 Å². The summed E-state index contributed by atoms with van der Waals surface area (Å²) in [5.41, 5.74) is 7.79. The molecule has 4 spiro atoms. The lowest BCUT2D eigenvalue weighted by molar-refractivity contribution is -0.185. The minimum atomic E-state index is -1.11. The summed E-state index contributed by atoms with van der Waals surface area (Å²) in [5.74, 6) is 3.30. The molecule has 7 unspecified atom stereocenters. The summed E-state index contributed by atoms with van der Waals surface area (Å²) in [5, 5.41) is 83.0. The molecule has 0 aromatic heterocycles. The predicted octanol–water partition coefficient (Wildman–Crippen LogP) is 2.38. The van der Waals surface area contributed by atoms with Crippen LogP contribution in [0.25, 0.3) is 0 Å². The van der Waals surface area contributed by atoms with Gasteiger partial charge in [-0.2, -0.15) is 0 Å². The van der Waals surface area contributed by atoms with E-state index in [9.17, 15) is 55.2 Å². The second-order valence-corrected chi connectivity index (χ2v) is 29.1. The third-order valence-corrected chi connectivity index (χ3v) is 25.8. The SMILES string of the molecule is CN1CC[C@@]23C4=CC=C(OCO)C2Oc2c(CO)ccc(c23)C[C@H]41.CN1CC[C@]23c4c5ccc(CO)c4OC2C(=O)C=CC3(O)[C@H]1C5.CN1CC[C@]23c4c5ccc(CO)c4OC2C(=O)C=CC3(O)[C@H]1C5.CN1CC[C@]23c4c5ccc(CO)c4OC2C(=O)CCC3(O)[C@H]1C5. The molecule has 5 fully saturated rings. The van der Waals surface area contributed by atoms with Gasteiger partial charge in [0.2, 0.25) is 0 Å². The van der Waals surface area contributed by atoms with Crippen molar-refractivity contribution in [3.8, 4) is 23.0 Å². The molecule has 8 aliphatic carbocycles. The second-order valence-electron chi connectivity index (χ2n) is 29.1. The van der Waals surface area contributed by atoms with Crippen molar-refractivity contribution in [3.05, 3.63) is 163 Å². The maximum atomic E-state index is 12.6. The van der Waals surface area contributed by atoms with Crippen molar-refractivity contribution in [3.63, 3.8) is 0 Å². The lowest BCUT2D eigenvalue weighted by atomic mass is 9.49. The molecule has 1 saturated carbocycles. The molecule has 8 bridgehead atoms. The quantitative estimate of drug-likeness (QED) is 0.129. The fourth-order valence-corrected chi connectivity index (χ4v) is 21.5. The number of likely N-dealkylation sites (tertiary alicyclic amines) is 4. The number of ether oxygens (including phenoxy) is 5. The molecular formula is C73H80N4O16. The Kier molecular flexibility index (Phi) is 13.2. The molecule has 8 N–H and O–H groups in total. The molecule has 4 aromatic rings. The monoisotopic (exact) mass is 1270 g/mol. The minimum absolute atomic E-state index is 0.0221. The summed E-state index contributed by atoms with van der Waals surface area (Å²) in [4.78, 5) is 46.7. The average molecular weight is 1270 g/mol. The zero-order chi connectivity index (χ0) is 64.4. The highest BCUT2D eigenvalue weighted by Gasteiger charge is 2.75. The second kappa shape index (κ2) is 20.5. The summed E-state index contributed by atoms with van der Waals surface area (Å²) >= 11 is 0. The molecule has 20 rings (SSSR count). The van der Waals surface area contributed by atoms with E-state index < -0.39 is 51.4 Å². The molecule has 20 nitrogen and oxygen atoms in total. The number of aliphatic hydroxyl groups is 8. The number of piperidine rings is 4. The first-order chi connectivity index (χ1) is 44.8. The number of nitrogens with zero attached hydrogens (tertiary/aromatic N) is 4. The molecule has 15 atom stereocenters. The number of carbonyl (C=O) groups excluding carboxylic acids is 3. The van der Waals surface area contributed by atoms with Gasteiger partial charge < -0.3 is 69.4 Å². The van der Waals surface area contributed by atoms with Crippen LogP contribution in [0.2, 0.25) is 0 Å². The summed E-state index contributed by atoms with van der Waals surface area (Å²) < 4.78 is 30.1. The molecule has 8 aliphatic heterocycles. The van der Waals surface area contributed by atoms with E-state index in [0.29, 0.717) is 65.9 Å². The highest BCUT2D eigenvalue weighted by Crippen LogP contribution is 2.67. The Balaban J connectivity index is 0.0000000946. The number of allylic oxidation sites excluding steroid dienone is 2. The van der Waals surface area contributed by atoms with E-state index in [4.69, 9.17) is 23.7 Å². The van der Waals surface area contributed by atoms with Crippen LogP contribution < -0.4 is 18.9 Å². The van der Waals surface area contributed by atoms with Gasteiger partial charge in [-0.15, -0.1) is 0 Å². The first-order valence-electron chi connectivity index (χ1n) is 33.1. The van der Waals surface area contributed by atoms with Gasteiger partial charge in [0.15, 0.2) is 48.6 Å². The first kappa shape index (κ1) is 60.1. The molecule has 488 valence electrons. The molecule has 0 radical (unpaired) electrons. The number of likely N-dealkylation sites (N-methyl/N-ethyl adjacent to an activating group) is 4.